The van der Waals surface area contributed by atoms with Gasteiger partial charge in [0.1, 0.15) is 24.7 Å². The number of nitrogens with zero attached hydrogens (tertiary/aromatic N) is 1. The Kier molecular flexibility index (Phi) is 7.91. The van der Waals surface area contributed by atoms with Gasteiger partial charge in [-0.2, -0.15) is 0 Å². The molecule has 1 fully saturated rings. The lowest BCUT2D eigenvalue weighted by atomic mass is 10.1. The van der Waals surface area contributed by atoms with E-state index in [1.54, 1.807) is 42.5 Å². The SMILES string of the molecule is Cc1ccc(NC(=O)CN2C(=O)S/C(=C\c3ccc(OCc4ccc(F)cc4)c(Br)c3)C2=O)c(C)c1. The van der Waals surface area contributed by atoms with Crippen molar-refractivity contribution in [3.05, 3.63) is 98.1 Å². The second-order valence-corrected chi connectivity index (χ2v) is 10.1. The van der Waals surface area contributed by atoms with Gasteiger partial charge in [0.15, 0.2) is 0 Å². The highest BCUT2D eigenvalue weighted by molar-refractivity contribution is 9.10. The number of carbonyl (C=O) groups is 3. The average Bonchev–Trinajstić information content (AvgIpc) is 3.08. The minimum absolute atomic E-state index is 0.228. The highest BCUT2D eigenvalue weighted by Crippen LogP contribution is 2.34. The van der Waals surface area contributed by atoms with E-state index in [0.717, 1.165) is 33.4 Å². The Balaban J connectivity index is 1.40. The van der Waals surface area contributed by atoms with E-state index in [-0.39, 0.29) is 23.9 Å². The van der Waals surface area contributed by atoms with Gasteiger partial charge in [0.25, 0.3) is 11.1 Å². The van der Waals surface area contributed by atoms with Gasteiger partial charge in [-0.25, -0.2) is 4.39 Å². The Hall–Kier alpha value is -3.43. The molecule has 184 valence electrons. The van der Waals surface area contributed by atoms with E-state index in [9.17, 15) is 18.8 Å². The number of hydrogen-bond donors (Lipinski definition) is 1. The van der Waals surface area contributed by atoms with Crippen molar-refractivity contribution in [3.63, 3.8) is 0 Å². The van der Waals surface area contributed by atoms with Gasteiger partial charge in [0, 0.05) is 5.69 Å². The number of thioether (sulfide) groups is 1. The molecule has 0 atom stereocenters. The van der Waals surface area contributed by atoms with E-state index in [2.05, 4.69) is 21.2 Å². The van der Waals surface area contributed by atoms with Crippen molar-refractivity contribution in [2.24, 2.45) is 0 Å². The van der Waals surface area contributed by atoms with Gasteiger partial charge >= 0.3 is 0 Å². The first kappa shape index (κ1) is 25.7. The van der Waals surface area contributed by atoms with Crippen LogP contribution in [-0.4, -0.2) is 28.5 Å². The largest absolute Gasteiger partial charge is 0.488 e. The molecule has 0 bridgehead atoms. The number of amides is 3. The van der Waals surface area contributed by atoms with Crippen LogP contribution >= 0.6 is 27.7 Å². The zero-order valence-electron chi connectivity index (χ0n) is 19.5. The van der Waals surface area contributed by atoms with Gasteiger partial charge in [0.05, 0.1) is 9.38 Å². The van der Waals surface area contributed by atoms with Crippen LogP contribution in [-0.2, 0) is 16.2 Å². The summed E-state index contributed by atoms with van der Waals surface area (Å²) in [6.45, 7) is 3.73. The lowest BCUT2D eigenvalue weighted by molar-refractivity contribution is -0.127. The Morgan fingerprint density at radius 1 is 1.08 bits per heavy atom. The Morgan fingerprint density at radius 2 is 1.83 bits per heavy atom. The summed E-state index contributed by atoms with van der Waals surface area (Å²) >= 11 is 4.25. The Labute approximate surface area is 220 Å². The summed E-state index contributed by atoms with van der Waals surface area (Å²) in [6, 6.07) is 16.9. The van der Waals surface area contributed by atoms with Crippen LogP contribution < -0.4 is 10.1 Å². The van der Waals surface area contributed by atoms with Gasteiger partial charge < -0.3 is 10.1 Å². The molecule has 36 heavy (non-hydrogen) atoms. The smallest absolute Gasteiger partial charge is 0.294 e. The van der Waals surface area contributed by atoms with Crippen molar-refractivity contribution in [1.29, 1.82) is 0 Å². The van der Waals surface area contributed by atoms with Crippen molar-refractivity contribution in [2.45, 2.75) is 20.5 Å². The fraction of sp³-hybridized carbons (Fsp3) is 0.148. The number of anilines is 1. The van der Waals surface area contributed by atoms with Crippen molar-refractivity contribution >= 4 is 56.5 Å². The first-order valence-electron chi connectivity index (χ1n) is 11.0. The van der Waals surface area contributed by atoms with E-state index in [0.29, 0.717) is 21.5 Å². The minimum atomic E-state index is -0.520. The molecular formula is C27H22BrFN2O4S. The first-order valence-corrected chi connectivity index (χ1v) is 12.6. The number of carbonyl (C=O) groups excluding carboxylic acids is 3. The standard InChI is InChI=1S/C27H22BrFN2O4S/c1-16-3-9-22(17(2)11-16)30-25(32)14-31-26(33)24(36-27(31)34)13-19-6-10-23(21(28)12-19)35-15-18-4-7-20(29)8-5-18/h3-13H,14-15H2,1-2H3,(H,30,32)/b24-13-. The molecule has 3 aromatic rings. The zero-order chi connectivity index (χ0) is 25.8. The molecule has 6 nitrogen and oxygen atoms in total. The maximum absolute atomic E-state index is 13.1. The molecule has 0 spiro atoms. The normalized spacial score (nSPS) is 14.4. The molecule has 0 unspecified atom stereocenters. The maximum atomic E-state index is 13.1. The molecular weight excluding hydrogens is 547 g/mol. The topological polar surface area (TPSA) is 75.7 Å². The van der Waals surface area contributed by atoms with Crippen molar-refractivity contribution in [3.8, 4) is 5.75 Å². The molecule has 0 aromatic heterocycles. The fourth-order valence-electron chi connectivity index (χ4n) is 3.54. The van der Waals surface area contributed by atoms with Gasteiger partial charge in [-0.15, -0.1) is 0 Å². The number of rotatable bonds is 7. The summed E-state index contributed by atoms with van der Waals surface area (Å²) < 4.78 is 19.5. The maximum Gasteiger partial charge on any atom is 0.294 e. The second-order valence-electron chi connectivity index (χ2n) is 8.24. The van der Waals surface area contributed by atoms with Crippen LogP contribution in [0.25, 0.3) is 6.08 Å². The van der Waals surface area contributed by atoms with Crippen molar-refractivity contribution < 1.29 is 23.5 Å². The number of imide groups is 1. The summed E-state index contributed by atoms with van der Waals surface area (Å²) in [4.78, 5) is 38.9. The lowest BCUT2D eigenvalue weighted by Gasteiger charge is -2.14. The third kappa shape index (κ3) is 6.22. The highest BCUT2D eigenvalue weighted by Gasteiger charge is 2.36. The number of ether oxygens (including phenoxy) is 1. The van der Waals surface area contributed by atoms with Gasteiger partial charge in [-0.05, 0) is 94.6 Å². The van der Waals surface area contributed by atoms with E-state index < -0.39 is 17.1 Å². The van der Waals surface area contributed by atoms with Crippen LogP contribution in [0.5, 0.6) is 5.75 Å². The van der Waals surface area contributed by atoms with Crippen LogP contribution in [0.4, 0.5) is 14.9 Å². The fourth-order valence-corrected chi connectivity index (χ4v) is 4.89. The number of benzene rings is 3. The summed E-state index contributed by atoms with van der Waals surface area (Å²) in [6.07, 6.45) is 1.60. The Morgan fingerprint density at radius 3 is 2.53 bits per heavy atom. The molecule has 1 saturated heterocycles. The Bertz CT molecular complexity index is 1370. The van der Waals surface area contributed by atoms with Crippen LogP contribution in [0.15, 0.2) is 70.0 Å². The second kappa shape index (κ2) is 11.1. The van der Waals surface area contributed by atoms with E-state index in [4.69, 9.17) is 4.74 Å². The molecule has 0 aliphatic carbocycles. The molecule has 1 N–H and O–H groups in total. The number of nitrogens with one attached hydrogen (secondary N) is 1. The van der Waals surface area contributed by atoms with E-state index >= 15 is 0 Å². The number of aryl methyl sites for hydroxylation is 2. The van der Waals surface area contributed by atoms with E-state index in [1.165, 1.54) is 12.1 Å². The monoisotopic (exact) mass is 568 g/mol. The van der Waals surface area contributed by atoms with Crippen molar-refractivity contribution in [1.82, 2.24) is 4.90 Å². The lowest BCUT2D eigenvalue weighted by Crippen LogP contribution is -2.36. The predicted molar refractivity (Wildman–Crippen MR) is 142 cm³/mol. The summed E-state index contributed by atoms with van der Waals surface area (Å²) in [5.41, 5.74) is 4.11. The third-order valence-corrected chi connectivity index (χ3v) is 6.92. The van der Waals surface area contributed by atoms with E-state index in [1.807, 2.05) is 26.0 Å². The van der Waals surface area contributed by atoms with Crippen LogP contribution in [0, 0.1) is 19.7 Å². The predicted octanol–water partition coefficient (Wildman–Crippen LogP) is 6.46. The van der Waals surface area contributed by atoms with Crippen LogP contribution in [0.1, 0.15) is 22.3 Å². The zero-order valence-corrected chi connectivity index (χ0v) is 21.9. The molecule has 0 saturated carbocycles. The molecule has 1 aliphatic heterocycles. The number of halogens is 2. The van der Waals surface area contributed by atoms with Gasteiger partial charge in [0.2, 0.25) is 5.91 Å². The molecule has 0 radical (unpaired) electrons. The molecule has 9 heteroatoms. The average molecular weight is 569 g/mol. The van der Waals surface area contributed by atoms with Gasteiger partial charge in [-0.1, -0.05) is 35.9 Å². The molecule has 4 rings (SSSR count). The summed E-state index contributed by atoms with van der Waals surface area (Å²) in [5, 5.41) is 2.26. The summed E-state index contributed by atoms with van der Waals surface area (Å²) in [7, 11) is 0. The molecule has 3 amide bonds. The van der Waals surface area contributed by atoms with Crippen LogP contribution in [0.2, 0.25) is 0 Å². The molecule has 1 aliphatic rings. The minimum Gasteiger partial charge on any atom is -0.488 e. The quantitative estimate of drug-likeness (QED) is 0.331. The first-order chi connectivity index (χ1) is 17.2. The van der Waals surface area contributed by atoms with Gasteiger partial charge in [-0.3, -0.25) is 19.3 Å². The highest BCUT2D eigenvalue weighted by atomic mass is 79.9. The van der Waals surface area contributed by atoms with Crippen molar-refractivity contribution in [2.75, 3.05) is 11.9 Å². The van der Waals surface area contributed by atoms with Crippen LogP contribution in [0.3, 0.4) is 0 Å². The molecule has 3 aromatic carbocycles. The third-order valence-electron chi connectivity index (χ3n) is 5.39. The molecule has 1 heterocycles. The number of hydrogen-bond acceptors (Lipinski definition) is 5. The summed E-state index contributed by atoms with van der Waals surface area (Å²) in [5.74, 6) is -0.701.